The zero-order valence-electron chi connectivity index (χ0n) is 8.22. The fourth-order valence-electron chi connectivity index (χ4n) is 1.33. The van der Waals surface area contributed by atoms with Gasteiger partial charge in [0, 0.05) is 18.0 Å². The second-order valence-electron chi connectivity index (χ2n) is 3.18. The first-order valence-corrected chi connectivity index (χ1v) is 5.24. The number of pyridine rings is 1. The number of alkyl halides is 3. The first kappa shape index (κ1) is 11.9. The summed E-state index contributed by atoms with van der Waals surface area (Å²) in [5.41, 5.74) is -1.21. The lowest BCUT2D eigenvalue weighted by Crippen LogP contribution is -2.12. The van der Waals surface area contributed by atoms with Crippen LogP contribution in [0.25, 0.3) is 0 Å². The second-order valence-corrected chi connectivity index (χ2v) is 4.00. The number of nitrogens with zero attached hydrogens (tertiary/aromatic N) is 3. The highest BCUT2D eigenvalue weighted by Gasteiger charge is 2.35. The Balaban J connectivity index is 2.46. The minimum atomic E-state index is -4.53. The van der Waals surface area contributed by atoms with Gasteiger partial charge in [0.1, 0.15) is 6.10 Å². The number of aromatic nitrogens is 3. The van der Waals surface area contributed by atoms with Crippen molar-refractivity contribution in [3.8, 4) is 0 Å². The van der Waals surface area contributed by atoms with Gasteiger partial charge in [-0.1, -0.05) is 4.49 Å². The Hall–Kier alpha value is -1.54. The van der Waals surface area contributed by atoms with Crippen LogP contribution in [0.3, 0.4) is 0 Å². The molecule has 2 aromatic rings. The third kappa shape index (κ3) is 2.42. The summed E-state index contributed by atoms with van der Waals surface area (Å²) in [6.45, 7) is 0. The quantitative estimate of drug-likeness (QED) is 0.898. The molecule has 1 atom stereocenters. The standard InChI is InChI=1S/C9H6F3N3OS/c10-9(11,12)6-1-2-13-3-5(6)8(16)7-4-14-15-17-7/h1-4,8,16H. The molecule has 2 aromatic heterocycles. The van der Waals surface area contributed by atoms with Gasteiger partial charge in [-0.05, 0) is 17.6 Å². The highest BCUT2D eigenvalue weighted by atomic mass is 32.1. The molecule has 1 unspecified atom stereocenters. The maximum Gasteiger partial charge on any atom is 0.416 e. The maximum atomic E-state index is 12.7. The lowest BCUT2D eigenvalue weighted by molar-refractivity contribution is -0.139. The summed E-state index contributed by atoms with van der Waals surface area (Å²) in [6, 6.07) is 0.826. The molecule has 0 fully saturated rings. The van der Waals surface area contributed by atoms with Crippen LogP contribution in [-0.2, 0) is 6.18 Å². The fraction of sp³-hybridized carbons (Fsp3) is 0.222. The SMILES string of the molecule is OC(c1cnns1)c1cnccc1C(F)(F)F. The van der Waals surface area contributed by atoms with Gasteiger partial charge >= 0.3 is 6.18 Å². The van der Waals surface area contributed by atoms with Crippen LogP contribution in [0.15, 0.2) is 24.7 Å². The van der Waals surface area contributed by atoms with Gasteiger partial charge < -0.3 is 5.11 Å². The molecule has 17 heavy (non-hydrogen) atoms. The van der Waals surface area contributed by atoms with Crippen molar-refractivity contribution >= 4 is 11.5 Å². The Morgan fingerprint density at radius 2 is 2.06 bits per heavy atom. The summed E-state index contributed by atoms with van der Waals surface area (Å²) in [7, 11) is 0. The molecule has 0 saturated carbocycles. The number of hydrogen-bond acceptors (Lipinski definition) is 5. The van der Waals surface area contributed by atoms with E-state index in [4.69, 9.17) is 0 Å². The van der Waals surface area contributed by atoms with Crippen LogP contribution in [0.5, 0.6) is 0 Å². The van der Waals surface area contributed by atoms with E-state index < -0.39 is 17.8 Å². The third-order valence-electron chi connectivity index (χ3n) is 2.10. The summed E-state index contributed by atoms with van der Waals surface area (Å²) in [4.78, 5) is 3.83. The van der Waals surface area contributed by atoms with Gasteiger partial charge in [-0.3, -0.25) is 4.98 Å². The topological polar surface area (TPSA) is 58.9 Å². The minimum Gasteiger partial charge on any atom is -0.383 e. The highest BCUT2D eigenvalue weighted by Crippen LogP contribution is 2.36. The van der Waals surface area contributed by atoms with Crippen LogP contribution in [0.2, 0.25) is 0 Å². The predicted octanol–water partition coefficient (Wildman–Crippen LogP) is 2.03. The van der Waals surface area contributed by atoms with E-state index in [1.165, 1.54) is 6.20 Å². The average molecular weight is 261 g/mol. The monoisotopic (exact) mass is 261 g/mol. The van der Waals surface area contributed by atoms with Gasteiger partial charge in [0.05, 0.1) is 16.6 Å². The van der Waals surface area contributed by atoms with Gasteiger partial charge in [-0.25, -0.2) is 0 Å². The Morgan fingerprint density at radius 1 is 1.29 bits per heavy atom. The molecule has 0 aliphatic heterocycles. The molecule has 2 rings (SSSR count). The Morgan fingerprint density at radius 3 is 2.65 bits per heavy atom. The number of rotatable bonds is 2. The number of aliphatic hydroxyl groups excluding tert-OH is 1. The van der Waals surface area contributed by atoms with Crippen molar-refractivity contribution in [2.24, 2.45) is 0 Å². The third-order valence-corrected chi connectivity index (χ3v) is 2.82. The lowest BCUT2D eigenvalue weighted by Gasteiger charge is -2.15. The van der Waals surface area contributed by atoms with Crippen LogP contribution in [-0.4, -0.2) is 19.7 Å². The van der Waals surface area contributed by atoms with E-state index in [1.807, 2.05) is 0 Å². The van der Waals surface area contributed by atoms with Crippen molar-refractivity contribution in [1.29, 1.82) is 0 Å². The van der Waals surface area contributed by atoms with Crippen LogP contribution < -0.4 is 0 Å². The number of hydrogen-bond donors (Lipinski definition) is 1. The van der Waals surface area contributed by atoms with Crippen LogP contribution in [0.4, 0.5) is 13.2 Å². The molecule has 1 N–H and O–H groups in total. The molecule has 0 bridgehead atoms. The smallest absolute Gasteiger partial charge is 0.383 e. The van der Waals surface area contributed by atoms with Crippen molar-refractivity contribution in [1.82, 2.24) is 14.6 Å². The molecule has 0 aromatic carbocycles. The molecule has 0 spiro atoms. The molecule has 0 amide bonds. The molecular weight excluding hydrogens is 255 g/mol. The molecule has 90 valence electrons. The average Bonchev–Trinajstić information content (AvgIpc) is 2.80. The molecule has 8 heteroatoms. The minimum absolute atomic E-state index is 0.239. The first-order chi connectivity index (χ1) is 8.00. The second kappa shape index (κ2) is 4.38. The summed E-state index contributed by atoms with van der Waals surface area (Å²) in [6.07, 6.45) is -2.70. The number of halogens is 3. The van der Waals surface area contributed by atoms with Crippen molar-refractivity contribution in [2.75, 3.05) is 0 Å². The fourth-order valence-corrected chi connectivity index (χ4v) is 1.84. The molecule has 0 radical (unpaired) electrons. The summed E-state index contributed by atoms with van der Waals surface area (Å²) < 4.78 is 41.5. The van der Waals surface area contributed by atoms with E-state index >= 15 is 0 Å². The Bertz CT molecular complexity index is 500. The normalized spacial score (nSPS) is 13.6. The molecule has 0 aliphatic carbocycles. The van der Waals surface area contributed by atoms with Gasteiger partial charge in [-0.15, -0.1) is 5.10 Å². The first-order valence-electron chi connectivity index (χ1n) is 4.46. The lowest BCUT2D eigenvalue weighted by atomic mass is 10.0. The Kier molecular flexibility index (Phi) is 3.07. The van der Waals surface area contributed by atoms with Crippen molar-refractivity contribution in [3.05, 3.63) is 40.7 Å². The van der Waals surface area contributed by atoms with Crippen molar-refractivity contribution in [3.63, 3.8) is 0 Å². The van der Waals surface area contributed by atoms with E-state index in [0.717, 1.165) is 30.0 Å². The highest BCUT2D eigenvalue weighted by molar-refractivity contribution is 7.05. The van der Waals surface area contributed by atoms with Crippen molar-refractivity contribution in [2.45, 2.75) is 12.3 Å². The molecule has 0 saturated heterocycles. The molecule has 4 nitrogen and oxygen atoms in total. The zero-order chi connectivity index (χ0) is 12.5. The predicted molar refractivity (Wildman–Crippen MR) is 53.2 cm³/mol. The zero-order valence-corrected chi connectivity index (χ0v) is 9.03. The van der Waals surface area contributed by atoms with Crippen LogP contribution in [0, 0.1) is 0 Å². The Labute approximate surface area is 97.9 Å². The van der Waals surface area contributed by atoms with Gasteiger partial charge in [0.15, 0.2) is 0 Å². The van der Waals surface area contributed by atoms with Gasteiger partial charge in [0.2, 0.25) is 0 Å². The van der Waals surface area contributed by atoms with Crippen LogP contribution in [0.1, 0.15) is 22.1 Å². The van der Waals surface area contributed by atoms with E-state index in [0.29, 0.717) is 0 Å². The van der Waals surface area contributed by atoms with E-state index in [1.54, 1.807) is 0 Å². The van der Waals surface area contributed by atoms with E-state index in [-0.39, 0.29) is 10.4 Å². The van der Waals surface area contributed by atoms with Gasteiger partial charge in [-0.2, -0.15) is 13.2 Å². The largest absolute Gasteiger partial charge is 0.416 e. The molecular formula is C9H6F3N3OS. The van der Waals surface area contributed by atoms with E-state index in [9.17, 15) is 18.3 Å². The summed E-state index contributed by atoms with van der Waals surface area (Å²) in [5, 5.41) is 13.3. The summed E-state index contributed by atoms with van der Waals surface area (Å²) in [5.74, 6) is 0. The van der Waals surface area contributed by atoms with E-state index in [2.05, 4.69) is 14.6 Å². The van der Waals surface area contributed by atoms with Gasteiger partial charge in [0.25, 0.3) is 0 Å². The molecule has 0 aliphatic rings. The van der Waals surface area contributed by atoms with Crippen LogP contribution >= 0.6 is 11.5 Å². The number of aliphatic hydroxyl groups is 1. The summed E-state index contributed by atoms with van der Waals surface area (Å²) >= 11 is 0.839. The molecule has 2 heterocycles. The van der Waals surface area contributed by atoms with Crippen molar-refractivity contribution < 1.29 is 18.3 Å². The maximum absolute atomic E-state index is 12.7.